The minimum Gasteiger partial charge on any atom is -0.309 e. The van der Waals surface area contributed by atoms with Gasteiger partial charge in [0, 0.05) is 16.5 Å². The van der Waals surface area contributed by atoms with E-state index in [0.29, 0.717) is 5.69 Å². The third kappa shape index (κ3) is 3.66. The molecule has 0 saturated heterocycles. The molecule has 0 N–H and O–H groups in total. The fourth-order valence-corrected chi connectivity index (χ4v) is 7.90. The van der Waals surface area contributed by atoms with Crippen molar-refractivity contribution in [2.75, 3.05) is 0 Å². The molecule has 0 unspecified atom stereocenters. The highest BCUT2D eigenvalue weighted by molar-refractivity contribution is 6.29. The monoisotopic (exact) mass is 594 g/mol. The van der Waals surface area contributed by atoms with Gasteiger partial charge in [-0.1, -0.05) is 133 Å². The van der Waals surface area contributed by atoms with Gasteiger partial charge in [-0.3, -0.25) is 0 Å². The summed E-state index contributed by atoms with van der Waals surface area (Å²) in [7, 11) is 0. The van der Waals surface area contributed by atoms with Crippen LogP contribution in [0, 0.1) is 6.57 Å². The van der Waals surface area contributed by atoms with Crippen molar-refractivity contribution < 1.29 is 0 Å². The maximum absolute atomic E-state index is 7.95. The molecular weight excluding hydrogens is 569 g/mol. The zero-order valence-corrected chi connectivity index (χ0v) is 25.4. The van der Waals surface area contributed by atoms with Crippen molar-refractivity contribution in [3.63, 3.8) is 0 Å². The topological polar surface area (TPSA) is 9.29 Å². The Hall–Kier alpha value is -6.43. The normalized spacial score (nSPS) is 11.8. The highest BCUT2D eigenvalue weighted by Crippen LogP contribution is 2.47. The SMILES string of the molecule is [C-]#[N+]c1ccc2c3c1ccc1c(-c4ccc(-c5cccc6ccccc56)c5ccccc45)ccc(c13)n2-c1ccc2ccccc2c1. The first-order valence-corrected chi connectivity index (χ1v) is 16.0. The van der Waals surface area contributed by atoms with Crippen molar-refractivity contribution >= 4 is 70.6 Å². The molecule has 10 aromatic rings. The molecule has 0 radical (unpaired) electrons. The Morgan fingerprint density at radius 1 is 0.383 bits per heavy atom. The van der Waals surface area contributed by atoms with Gasteiger partial charge >= 0.3 is 0 Å². The molecule has 2 nitrogen and oxygen atoms in total. The van der Waals surface area contributed by atoms with Crippen LogP contribution in [-0.4, -0.2) is 4.57 Å². The summed E-state index contributed by atoms with van der Waals surface area (Å²) in [6.07, 6.45) is 0. The lowest BCUT2D eigenvalue weighted by atomic mass is 9.88. The van der Waals surface area contributed by atoms with Gasteiger partial charge in [-0.15, -0.1) is 0 Å². The molecule has 0 saturated carbocycles. The Morgan fingerprint density at radius 2 is 0.936 bits per heavy atom. The van der Waals surface area contributed by atoms with Gasteiger partial charge in [-0.2, -0.15) is 0 Å². The summed E-state index contributed by atoms with van der Waals surface area (Å²) in [4.78, 5) is 3.92. The molecule has 1 heterocycles. The van der Waals surface area contributed by atoms with E-state index < -0.39 is 0 Å². The summed E-state index contributed by atoms with van der Waals surface area (Å²) in [6.45, 7) is 7.95. The van der Waals surface area contributed by atoms with Gasteiger partial charge in [0.2, 0.25) is 0 Å². The summed E-state index contributed by atoms with van der Waals surface area (Å²) >= 11 is 0. The number of nitrogens with zero attached hydrogens (tertiary/aromatic N) is 2. The number of hydrogen-bond acceptors (Lipinski definition) is 0. The van der Waals surface area contributed by atoms with Gasteiger partial charge in [-0.05, 0) is 89.6 Å². The molecule has 0 aliphatic carbocycles. The third-order valence-electron chi connectivity index (χ3n) is 9.98. The van der Waals surface area contributed by atoms with Gasteiger partial charge in [0.15, 0.2) is 5.69 Å². The van der Waals surface area contributed by atoms with Crippen molar-refractivity contribution in [1.82, 2.24) is 4.57 Å². The molecule has 1 aromatic heterocycles. The molecule has 9 aromatic carbocycles. The van der Waals surface area contributed by atoms with E-state index in [1.54, 1.807) is 0 Å². The fraction of sp³-hybridized carbons (Fsp3) is 0. The third-order valence-corrected chi connectivity index (χ3v) is 9.98. The quantitative estimate of drug-likeness (QED) is 0.142. The van der Waals surface area contributed by atoms with Crippen LogP contribution in [0.25, 0.3) is 97.7 Å². The van der Waals surface area contributed by atoms with Crippen LogP contribution >= 0.6 is 0 Å². The molecule has 0 amide bonds. The van der Waals surface area contributed by atoms with E-state index in [9.17, 15) is 0 Å². The number of hydrogen-bond donors (Lipinski definition) is 0. The number of benzene rings is 9. The van der Waals surface area contributed by atoms with Crippen LogP contribution in [-0.2, 0) is 0 Å². The van der Waals surface area contributed by atoms with Crippen molar-refractivity contribution in [1.29, 1.82) is 0 Å². The lowest BCUT2D eigenvalue weighted by Crippen LogP contribution is -1.94. The van der Waals surface area contributed by atoms with E-state index in [1.165, 1.54) is 65.3 Å². The van der Waals surface area contributed by atoms with Crippen LogP contribution in [0.15, 0.2) is 158 Å². The Bertz CT molecular complexity index is 2910. The van der Waals surface area contributed by atoms with E-state index in [-0.39, 0.29) is 0 Å². The van der Waals surface area contributed by atoms with Crippen molar-refractivity contribution in [2.45, 2.75) is 0 Å². The van der Waals surface area contributed by atoms with E-state index >= 15 is 0 Å². The van der Waals surface area contributed by atoms with Crippen LogP contribution in [0.5, 0.6) is 0 Å². The Balaban J connectivity index is 1.27. The Labute approximate surface area is 271 Å². The van der Waals surface area contributed by atoms with Gasteiger partial charge in [0.1, 0.15) is 0 Å². The second kappa shape index (κ2) is 9.78. The van der Waals surface area contributed by atoms with Gasteiger partial charge < -0.3 is 4.57 Å². The number of rotatable bonds is 3. The van der Waals surface area contributed by atoms with Crippen LogP contribution in [0.4, 0.5) is 5.69 Å². The zero-order chi connectivity index (χ0) is 31.1. The summed E-state index contributed by atoms with van der Waals surface area (Å²) in [5.41, 5.74) is 8.98. The minimum absolute atomic E-state index is 0.687. The molecule has 2 heteroatoms. The van der Waals surface area contributed by atoms with Crippen molar-refractivity contribution in [3.8, 4) is 27.9 Å². The molecular formula is C45H26N2. The van der Waals surface area contributed by atoms with E-state index in [1.807, 2.05) is 6.07 Å². The average Bonchev–Trinajstić information content (AvgIpc) is 3.48. The van der Waals surface area contributed by atoms with E-state index in [4.69, 9.17) is 6.57 Å². The summed E-state index contributed by atoms with van der Waals surface area (Å²) in [5.74, 6) is 0. The predicted octanol–water partition coefficient (Wildman–Crippen LogP) is 12.7. The molecule has 0 atom stereocenters. The number of fused-ring (bicyclic) bond motifs is 3. The standard InChI is InChI=1S/C45H26N2/c1-46-41-24-26-43-45-40(41)22-21-39-38(23-25-42(44(39)45)47(43)31-18-17-28-9-2-3-11-30(28)27-31)37-20-19-36(34-14-6-7-15-35(34)37)33-16-8-12-29-10-4-5-13-32(29)33/h2-27H. The highest BCUT2D eigenvalue weighted by Gasteiger charge is 2.21. The van der Waals surface area contributed by atoms with Gasteiger partial charge in [0.25, 0.3) is 0 Å². The van der Waals surface area contributed by atoms with Gasteiger partial charge in [0.05, 0.1) is 17.6 Å². The lowest BCUT2D eigenvalue weighted by molar-refractivity contribution is 1.19. The Morgan fingerprint density at radius 3 is 1.70 bits per heavy atom. The van der Waals surface area contributed by atoms with Crippen molar-refractivity contribution in [3.05, 3.63) is 169 Å². The largest absolute Gasteiger partial charge is 0.309 e. The smallest absolute Gasteiger partial charge is 0.195 e. The summed E-state index contributed by atoms with van der Waals surface area (Å²) < 4.78 is 2.37. The molecule has 0 spiro atoms. The van der Waals surface area contributed by atoms with Crippen LogP contribution < -0.4 is 0 Å². The highest BCUT2D eigenvalue weighted by atomic mass is 15.0. The first-order chi connectivity index (χ1) is 23.3. The molecule has 0 fully saturated rings. The van der Waals surface area contributed by atoms with Crippen molar-refractivity contribution in [2.24, 2.45) is 0 Å². The number of aromatic nitrogens is 1. The zero-order valence-electron chi connectivity index (χ0n) is 25.4. The second-order valence-electron chi connectivity index (χ2n) is 12.4. The fourth-order valence-electron chi connectivity index (χ4n) is 7.90. The second-order valence-corrected chi connectivity index (χ2v) is 12.4. The Kier molecular flexibility index (Phi) is 5.38. The molecule has 0 aliphatic heterocycles. The summed E-state index contributed by atoms with van der Waals surface area (Å²) in [6, 6.07) is 56.8. The molecule has 216 valence electrons. The van der Waals surface area contributed by atoms with Crippen LogP contribution in [0.2, 0.25) is 0 Å². The van der Waals surface area contributed by atoms with Crippen LogP contribution in [0.3, 0.4) is 0 Å². The first kappa shape index (κ1) is 25.9. The summed E-state index contributed by atoms with van der Waals surface area (Å²) in [5, 5.41) is 12.0. The van der Waals surface area contributed by atoms with Gasteiger partial charge in [-0.25, -0.2) is 4.85 Å². The molecule has 47 heavy (non-hydrogen) atoms. The minimum atomic E-state index is 0.687. The molecule has 10 rings (SSSR count). The maximum Gasteiger partial charge on any atom is 0.195 e. The van der Waals surface area contributed by atoms with Crippen LogP contribution in [0.1, 0.15) is 0 Å². The maximum atomic E-state index is 7.95. The van der Waals surface area contributed by atoms with E-state index in [0.717, 1.165) is 27.5 Å². The molecule has 0 bridgehead atoms. The first-order valence-electron chi connectivity index (χ1n) is 16.0. The lowest BCUT2D eigenvalue weighted by Gasteiger charge is -2.16. The average molecular weight is 595 g/mol. The molecule has 0 aliphatic rings. The predicted molar refractivity (Wildman–Crippen MR) is 199 cm³/mol. The van der Waals surface area contributed by atoms with E-state index in [2.05, 4.69) is 161 Å².